The van der Waals surface area contributed by atoms with Gasteiger partial charge in [0.2, 0.25) is 11.8 Å². The van der Waals surface area contributed by atoms with E-state index < -0.39 is 0 Å². The smallest absolute Gasteiger partial charge is 0.239 e. The average molecular weight is 276 g/mol. The molecule has 0 aromatic carbocycles. The number of nitrogens with zero attached hydrogens (tertiary/aromatic N) is 1. The topological polar surface area (TPSA) is 49.4 Å². The highest BCUT2D eigenvalue weighted by molar-refractivity contribution is 5.87. The summed E-state index contributed by atoms with van der Waals surface area (Å²) in [6, 6.07) is 0.743. The van der Waals surface area contributed by atoms with Gasteiger partial charge in [-0.05, 0) is 56.8 Å². The zero-order valence-electron chi connectivity index (χ0n) is 12.0. The Balaban J connectivity index is 1.39. The molecule has 2 amide bonds. The van der Waals surface area contributed by atoms with Crippen LogP contribution in [0.15, 0.2) is 0 Å². The molecule has 4 aliphatic rings. The summed E-state index contributed by atoms with van der Waals surface area (Å²) in [5.41, 5.74) is 0. The van der Waals surface area contributed by atoms with Crippen molar-refractivity contribution in [3.8, 4) is 0 Å². The van der Waals surface area contributed by atoms with E-state index in [0.717, 1.165) is 38.0 Å². The maximum atomic E-state index is 12.8. The first-order valence-electron chi connectivity index (χ1n) is 8.30. The molecule has 0 unspecified atom stereocenters. The minimum absolute atomic E-state index is 0.0518. The summed E-state index contributed by atoms with van der Waals surface area (Å²) in [5, 5.41) is 3.01. The van der Waals surface area contributed by atoms with E-state index in [0.29, 0.717) is 24.5 Å². The van der Waals surface area contributed by atoms with Crippen molar-refractivity contribution in [3.05, 3.63) is 0 Å². The molecule has 4 saturated carbocycles. The van der Waals surface area contributed by atoms with Crippen molar-refractivity contribution in [1.29, 1.82) is 0 Å². The molecule has 0 aromatic rings. The van der Waals surface area contributed by atoms with Gasteiger partial charge in [-0.2, -0.15) is 0 Å². The second kappa shape index (κ2) is 4.74. The van der Waals surface area contributed by atoms with E-state index in [-0.39, 0.29) is 17.7 Å². The predicted molar refractivity (Wildman–Crippen MR) is 74.8 cm³/mol. The molecule has 4 rings (SSSR count). The number of hydrogen-bond donors (Lipinski definition) is 1. The summed E-state index contributed by atoms with van der Waals surface area (Å²) in [6.07, 6.45) is 9.27. The number of nitrogens with one attached hydrogen (secondary N) is 1. The lowest BCUT2D eigenvalue weighted by molar-refractivity contribution is -0.141. The molecular formula is C16H24N2O2. The summed E-state index contributed by atoms with van der Waals surface area (Å²) < 4.78 is 0. The van der Waals surface area contributed by atoms with Gasteiger partial charge in [0.15, 0.2) is 0 Å². The Morgan fingerprint density at radius 1 is 1.00 bits per heavy atom. The molecule has 4 aliphatic carbocycles. The van der Waals surface area contributed by atoms with Gasteiger partial charge >= 0.3 is 0 Å². The first-order chi connectivity index (χ1) is 9.70. The van der Waals surface area contributed by atoms with Crippen molar-refractivity contribution in [3.63, 3.8) is 0 Å². The van der Waals surface area contributed by atoms with Gasteiger partial charge in [0.05, 0.1) is 6.54 Å². The third kappa shape index (κ3) is 2.45. The Labute approximate surface area is 120 Å². The van der Waals surface area contributed by atoms with Crippen molar-refractivity contribution in [1.82, 2.24) is 10.2 Å². The van der Waals surface area contributed by atoms with E-state index in [1.807, 2.05) is 4.90 Å². The second-order valence-electron chi connectivity index (χ2n) is 7.32. The van der Waals surface area contributed by atoms with Crippen LogP contribution in [0.25, 0.3) is 0 Å². The molecule has 0 radical (unpaired) electrons. The number of fused-ring (bicyclic) bond motifs is 2. The van der Waals surface area contributed by atoms with Gasteiger partial charge in [-0.1, -0.05) is 6.42 Å². The van der Waals surface area contributed by atoms with Crippen molar-refractivity contribution in [2.45, 2.75) is 63.5 Å². The Kier molecular flexibility index (Phi) is 3.00. The molecule has 2 bridgehead atoms. The normalized spacial score (nSPS) is 35.1. The minimum atomic E-state index is 0.0518. The molecule has 4 nitrogen and oxygen atoms in total. The van der Waals surface area contributed by atoms with E-state index in [1.54, 1.807) is 0 Å². The fourth-order valence-corrected chi connectivity index (χ4v) is 4.19. The standard InChI is InChI=1S/C16H24N2O2/c19-15(17-12-3-4-12)9-18(13-5-6-13)16(20)14-8-10-1-2-11(14)7-10/h10-14H,1-9H2,(H,17,19)/t10-,11-,14-/m0/s1. The van der Waals surface area contributed by atoms with Crippen LogP contribution in [-0.4, -0.2) is 35.3 Å². The minimum Gasteiger partial charge on any atom is -0.352 e. The summed E-state index contributed by atoms with van der Waals surface area (Å²) in [5.74, 6) is 1.96. The average Bonchev–Trinajstić information content (AvgIpc) is 3.36. The maximum Gasteiger partial charge on any atom is 0.239 e. The lowest BCUT2D eigenvalue weighted by Gasteiger charge is -2.29. The van der Waals surface area contributed by atoms with Gasteiger partial charge < -0.3 is 10.2 Å². The molecule has 0 spiro atoms. The van der Waals surface area contributed by atoms with Crippen LogP contribution < -0.4 is 5.32 Å². The van der Waals surface area contributed by atoms with Crippen LogP contribution in [-0.2, 0) is 9.59 Å². The fraction of sp³-hybridized carbons (Fsp3) is 0.875. The molecular weight excluding hydrogens is 252 g/mol. The summed E-state index contributed by atoms with van der Waals surface area (Å²) in [4.78, 5) is 26.7. The molecule has 1 N–H and O–H groups in total. The van der Waals surface area contributed by atoms with Crippen molar-refractivity contribution in [2.24, 2.45) is 17.8 Å². The molecule has 110 valence electrons. The number of carbonyl (C=O) groups is 2. The molecule has 0 saturated heterocycles. The molecule has 4 heteroatoms. The van der Waals surface area contributed by atoms with Gasteiger partial charge in [-0.25, -0.2) is 0 Å². The summed E-state index contributed by atoms with van der Waals surface area (Å²) >= 11 is 0. The van der Waals surface area contributed by atoms with Crippen molar-refractivity contribution < 1.29 is 9.59 Å². The van der Waals surface area contributed by atoms with Crippen LogP contribution in [0.5, 0.6) is 0 Å². The summed E-state index contributed by atoms with van der Waals surface area (Å²) in [6.45, 7) is 0.299. The largest absolute Gasteiger partial charge is 0.352 e. The molecule has 3 atom stereocenters. The predicted octanol–water partition coefficient (Wildman–Crippen LogP) is 1.69. The van der Waals surface area contributed by atoms with Gasteiger partial charge in [0.1, 0.15) is 0 Å². The van der Waals surface area contributed by atoms with E-state index in [4.69, 9.17) is 0 Å². The highest BCUT2D eigenvalue weighted by atomic mass is 16.2. The molecule has 0 heterocycles. The fourth-order valence-electron chi connectivity index (χ4n) is 4.19. The number of carbonyl (C=O) groups excluding carboxylic acids is 2. The second-order valence-corrected chi connectivity index (χ2v) is 7.32. The molecule has 0 aromatic heterocycles. The van der Waals surface area contributed by atoms with Crippen LogP contribution in [0.1, 0.15) is 51.4 Å². The monoisotopic (exact) mass is 276 g/mol. The van der Waals surface area contributed by atoms with Gasteiger partial charge in [0.25, 0.3) is 0 Å². The maximum absolute atomic E-state index is 12.8. The van der Waals surface area contributed by atoms with E-state index in [1.165, 1.54) is 19.3 Å². The Bertz CT molecular complexity index is 428. The van der Waals surface area contributed by atoms with Gasteiger partial charge in [-0.3, -0.25) is 9.59 Å². The van der Waals surface area contributed by atoms with Gasteiger partial charge in [0, 0.05) is 18.0 Å². The third-order valence-corrected chi connectivity index (χ3v) is 5.58. The molecule has 4 fully saturated rings. The number of hydrogen-bond acceptors (Lipinski definition) is 2. The Morgan fingerprint density at radius 3 is 2.35 bits per heavy atom. The van der Waals surface area contributed by atoms with Crippen LogP contribution >= 0.6 is 0 Å². The van der Waals surface area contributed by atoms with Crippen molar-refractivity contribution in [2.75, 3.05) is 6.54 Å². The number of rotatable bonds is 5. The molecule has 20 heavy (non-hydrogen) atoms. The van der Waals surface area contributed by atoms with Crippen LogP contribution in [0.4, 0.5) is 0 Å². The first kappa shape index (κ1) is 12.7. The SMILES string of the molecule is O=C(CN(C(=O)[C@H]1C[C@H]2CC[C@H]1C2)C1CC1)NC1CC1. The zero-order valence-corrected chi connectivity index (χ0v) is 12.0. The Morgan fingerprint density at radius 2 is 1.80 bits per heavy atom. The van der Waals surface area contributed by atoms with Gasteiger partial charge in [-0.15, -0.1) is 0 Å². The zero-order chi connectivity index (χ0) is 13.7. The quantitative estimate of drug-likeness (QED) is 0.831. The van der Waals surface area contributed by atoms with Crippen molar-refractivity contribution >= 4 is 11.8 Å². The van der Waals surface area contributed by atoms with E-state index >= 15 is 0 Å². The van der Waals surface area contributed by atoms with Crippen LogP contribution in [0, 0.1) is 17.8 Å². The lowest BCUT2D eigenvalue weighted by Crippen LogP contribution is -2.45. The first-order valence-corrected chi connectivity index (χ1v) is 8.30. The number of amides is 2. The summed E-state index contributed by atoms with van der Waals surface area (Å²) in [7, 11) is 0. The van der Waals surface area contributed by atoms with E-state index in [2.05, 4.69) is 5.32 Å². The molecule has 0 aliphatic heterocycles. The highest BCUT2D eigenvalue weighted by Gasteiger charge is 2.46. The van der Waals surface area contributed by atoms with E-state index in [9.17, 15) is 9.59 Å². The van der Waals surface area contributed by atoms with Crippen LogP contribution in [0.2, 0.25) is 0 Å². The highest BCUT2D eigenvalue weighted by Crippen LogP contribution is 2.49. The lowest BCUT2D eigenvalue weighted by atomic mass is 9.87. The third-order valence-electron chi connectivity index (χ3n) is 5.58. The van der Waals surface area contributed by atoms with Crippen LogP contribution in [0.3, 0.4) is 0 Å². The Hall–Kier alpha value is -1.06.